The predicted octanol–water partition coefficient (Wildman–Crippen LogP) is 0.917. The molecule has 0 saturated carbocycles. The average Bonchev–Trinajstić information content (AvgIpc) is 3.41. The molecule has 0 radical (unpaired) electrons. The second-order valence-corrected chi connectivity index (χ2v) is 8.20. The first-order chi connectivity index (χ1) is 14.2. The van der Waals surface area contributed by atoms with Gasteiger partial charge in [-0.15, -0.1) is 0 Å². The van der Waals surface area contributed by atoms with Crippen LogP contribution in [0.25, 0.3) is 0 Å². The number of nitrogens with zero attached hydrogens (tertiary/aromatic N) is 2. The first-order valence-corrected chi connectivity index (χ1v) is 11.8. The average molecular weight is 439 g/mol. The van der Waals surface area contributed by atoms with Gasteiger partial charge >= 0.3 is 0 Å². The fraction of sp³-hybridized carbons (Fsp3) is 0.529. The van der Waals surface area contributed by atoms with Crippen LogP contribution in [-0.4, -0.2) is 69.5 Å². The molecule has 0 atom stereocenters. The molecule has 12 heteroatoms. The van der Waals surface area contributed by atoms with E-state index in [4.69, 9.17) is 10.8 Å². The zero-order chi connectivity index (χ0) is 20.6. The van der Waals surface area contributed by atoms with Crippen LogP contribution < -0.4 is 21.3 Å². The molecule has 0 amide bonds. The molecule has 0 aliphatic rings. The third-order valence-corrected chi connectivity index (χ3v) is 5.58. The Morgan fingerprint density at radius 2 is 1.21 bits per heavy atom. The molecule has 29 heavy (non-hydrogen) atoms. The van der Waals surface area contributed by atoms with Gasteiger partial charge in [0.05, 0.1) is 11.5 Å². The summed E-state index contributed by atoms with van der Waals surface area (Å²) in [5.74, 6) is 6.15. The molecular formula is C17H30N10S2. The lowest BCUT2D eigenvalue weighted by Crippen LogP contribution is -2.40. The number of H-pyrrole nitrogens is 2. The third-order valence-electron chi connectivity index (χ3n) is 3.64. The quantitative estimate of drug-likeness (QED) is 0.123. The molecule has 0 aromatic carbocycles. The third kappa shape index (κ3) is 11.3. The van der Waals surface area contributed by atoms with E-state index < -0.39 is 0 Å². The fourth-order valence-corrected chi connectivity index (χ4v) is 3.71. The minimum absolute atomic E-state index is 0.338. The number of guanidine groups is 2. The summed E-state index contributed by atoms with van der Waals surface area (Å²) in [5, 5.41) is 27.8. The number of hydrogen-bond acceptors (Lipinski definition) is 6. The molecule has 0 saturated heterocycles. The fourth-order valence-electron chi connectivity index (χ4n) is 2.23. The normalized spacial score (nSPS) is 10.5. The number of nitrogens with one attached hydrogen (secondary N) is 8. The van der Waals surface area contributed by atoms with E-state index in [1.54, 1.807) is 35.9 Å². The van der Waals surface area contributed by atoms with Crippen molar-refractivity contribution in [3.8, 4) is 0 Å². The zero-order valence-electron chi connectivity index (χ0n) is 16.4. The summed E-state index contributed by atoms with van der Waals surface area (Å²) < 4.78 is 0. The number of rotatable bonds is 14. The van der Waals surface area contributed by atoms with E-state index in [2.05, 4.69) is 41.2 Å². The van der Waals surface area contributed by atoms with Crippen molar-refractivity contribution in [2.75, 3.05) is 37.7 Å². The lowest BCUT2D eigenvalue weighted by molar-refractivity contribution is 0.710. The van der Waals surface area contributed by atoms with Crippen LogP contribution in [0, 0.1) is 10.8 Å². The van der Waals surface area contributed by atoms with Crippen LogP contribution in [0.3, 0.4) is 0 Å². The molecule has 8 N–H and O–H groups in total. The summed E-state index contributed by atoms with van der Waals surface area (Å²) in [6.45, 7) is 2.85. The summed E-state index contributed by atoms with van der Waals surface area (Å²) in [6, 6.07) is 0. The van der Waals surface area contributed by atoms with Crippen molar-refractivity contribution in [1.29, 1.82) is 10.8 Å². The standard InChI is InChI=1S/C17H30N10S2/c18-16(26-8-10-28-12-14-20-4-5-21-14)24-2-1-3-25-17(19)27-9-11-29-13-15-22-6-7-23-15/h4-7H,1-3,8-13H2,(H,20,21)(H,22,23)(H3,18,24,26)(H3,19,25,27). The summed E-state index contributed by atoms with van der Waals surface area (Å²) in [4.78, 5) is 14.5. The number of aromatic nitrogens is 4. The number of hydrogen-bond donors (Lipinski definition) is 8. The van der Waals surface area contributed by atoms with Crippen molar-refractivity contribution in [3.05, 3.63) is 36.4 Å². The van der Waals surface area contributed by atoms with Gasteiger partial charge in [0.25, 0.3) is 0 Å². The Labute approximate surface area is 179 Å². The van der Waals surface area contributed by atoms with Crippen LogP contribution in [0.5, 0.6) is 0 Å². The van der Waals surface area contributed by atoms with E-state index >= 15 is 0 Å². The molecule has 0 spiro atoms. The Bertz CT molecular complexity index is 616. The molecule has 0 fully saturated rings. The summed E-state index contributed by atoms with van der Waals surface area (Å²) in [6.07, 6.45) is 7.98. The van der Waals surface area contributed by atoms with Gasteiger partial charge in [0, 0.05) is 62.5 Å². The van der Waals surface area contributed by atoms with Gasteiger partial charge in [0.1, 0.15) is 11.6 Å². The summed E-state index contributed by atoms with van der Waals surface area (Å²) >= 11 is 3.54. The molecule has 0 aliphatic heterocycles. The van der Waals surface area contributed by atoms with Crippen molar-refractivity contribution in [3.63, 3.8) is 0 Å². The van der Waals surface area contributed by atoms with Crippen molar-refractivity contribution < 1.29 is 0 Å². The maximum absolute atomic E-state index is 7.83. The van der Waals surface area contributed by atoms with E-state index in [-0.39, 0.29) is 0 Å². The smallest absolute Gasteiger partial charge is 0.188 e. The van der Waals surface area contributed by atoms with Gasteiger partial charge in [-0.3, -0.25) is 10.8 Å². The molecule has 2 aromatic heterocycles. The highest BCUT2D eigenvalue weighted by atomic mass is 32.2. The van der Waals surface area contributed by atoms with Crippen LogP contribution >= 0.6 is 23.5 Å². The molecule has 10 nitrogen and oxygen atoms in total. The van der Waals surface area contributed by atoms with Gasteiger partial charge in [0.15, 0.2) is 11.9 Å². The molecule has 0 bridgehead atoms. The van der Waals surface area contributed by atoms with Crippen molar-refractivity contribution in [2.24, 2.45) is 0 Å². The van der Waals surface area contributed by atoms with Crippen LogP contribution in [0.15, 0.2) is 24.8 Å². The first-order valence-electron chi connectivity index (χ1n) is 9.48. The van der Waals surface area contributed by atoms with Crippen LogP contribution in [0.4, 0.5) is 0 Å². The summed E-state index contributed by atoms with van der Waals surface area (Å²) in [7, 11) is 0. The van der Waals surface area contributed by atoms with Gasteiger partial charge in [-0.1, -0.05) is 0 Å². The molecular weight excluding hydrogens is 408 g/mol. The maximum atomic E-state index is 7.83. The molecule has 160 valence electrons. The minimum Gasteiger partial charge on any atom is -0.357 e. The van der Waals surface area contributed by atoms with Crippen molar-refractivity contribution in [1.82, 2.24) is 41.2 Å². The Morgan fingerprint density at radius 3 is 1.62 bits per heavy atom. The van der Waals surface area contributed by atoms with E-state index in [1.807, 2.05) is 12.4 Å². The number of aromatic amines is 2. The van der Waals surface area contributed by atoms with Crippen LogP contribution in [0.2, 0.25) is 0 Å². The molecule has 0 aliphatic carbocycles. The highest BCUT2D eigenvalue weighted by Crippen LogP contribution is 2.06. The highest BCUT2D eigenvalue weighted by Gasteiger charge is 1.99. The molecule has 2 aromatic rings. The Hall–Kier alpha value is -2.34. The van der Waals surface area contributed by atoms with E-state index in [9.17, 15) is 0 Å². The largest absolute Gasteiger partial charge is 0.357 e. The topological polar surface area (TPSA) is 153 Å². The highest BCUT2D eigenvalue weighted by molar-refractivity contribution is 7.98. The van der Waals surface area contributed by atoms with Gasteiger partial charge in [-0.2, -0.15) is 23.5 Å². The van der Waals surface area contributed by atoms with Gasteiger partial charge in [-0.25, -0.2) is 9.97 Å². The lowest BCUT2D eigenvalue weighted by atomic mass is 10.4. The predicted molar refractivity (Wildman–Crippen MR) is 122 cm³/mol. The molecule has 2 rings (SSSR count). The van der Waals surface area contributed by atoms with E-state index in [0.717, 1.165) is 54.2 Å². The molecule has 2 heterocycles. The SMILES string of the molecule is N=C(NCCCNC(=N)NCCSCc1ncc[nH]1)NCCSCc1ncc[nH]1. The van der Waals surface area contributed by atoms with Crippen LogP contribution in [0.1, 0.15) is 18.1 Å². The zero-order valence-corrected chi connectivity index (χ0v) is 18.0. The lowest BCUT2D eigenvalue weighted by Gasteiger charge is -2.12. The van der Waals surface area contributed by atoms with E-state index in [0.29, 0.717) is 25.0 Å². The number of thioether (sulfide) groups is 2. The Kier molecular flexibility index (Phi) is 11.6. The van der Waals surface area contributed by atoms with Gasteiger partial charge in [0.2, 0.25) is 0 Å². The van der Waals surface area contributed by atoms with E-state index in [1.165, 1.54) is 0 Å². The van der Waals surface area contributed by atoms with Gasteiger partial charge in [-0.05, 0) is 6.42 Å². The maximum Gasteiger partial charge on any atom is 0.188 e. The second-order valence-electron chi connectivity index (χ2n) is 5.99. The Morgan fingerprint density at radius 1 is 0.759 bits per heavy atom. The Balaban J connectivity index is 1.33. The van der Waals surface area contributed by atoms with Gasteiger partial charge < -0.3 is 31.2 Å². The van der Waals surface area contributed by atoms with Crippen molar-refractivity contribution in [2.45, 2.75) is 17.9 Å². The van der Waals surface area contributed by atoms with Crippen LogP contribution in [-0.2, 0) is 11.5 Å². The number of imidazole rings is 2. The minimum atomic E-state index is 0.338. The molecule has 0 unspecified atom stereocenters. The first kappa shape index (κ1) is 22.9. The summed E-state index contributed by atoms with van der Waals surface area (Å²) in [5.41, 5.74) is 0. The monoisotopic (exact) mass is 438 g/mol. The van der Waals surface area contributed by atoms with Crippen molar-refractivity contribution >= 4 is 35.4 Å². The second kappa shape index (κ2) is 14.6.